The van der Waals surface area contributed by atoms with Crippen LogP contribution in [0.4, 0.5) is 5.69 Å². The van der Waals surface area contributed by atoms with Crippen molar-refractivity contribution in [2.24, 2.45) is 0 Å². The van der Waals surface area contributed by atoms with Gasteiger partial charge < -0.3 is 10.2 Å². The Morgan fingerprint density at radius 2 is 1.85 bits per heavy atom. The Kier molecular flexibility index (Phi) is 5.32. The van der Waals surface area contributed by atoms with E-state index in [1.165, 1.54) is 12.1 Å². The van der Waals surface area contributed by atoms with Crippen molar-refractivity contribution in [2.75, 3.05) is 18.1 Å². The standard InChI is InChI=1S/C20H22N2O4S/c1-14-5-10-17(27(2,25)26)12-18(14)21-20(24)16-8-6-15(7-9-16)13-22-11-3-4-19(22)23/h5-10,12H,3-4,11,13H2,1-2H3,(H,21,24). The van der Waals surface area contributed by atoms with Gasteiger partial charge in [0.1, 0.15) is 0 Å². The first-order valence-electron chi connectivity index (χ1n) is 8.73. The van der Waals surface area contributed by atoms with Gasteiger partial charge in [0.2, 0.25) is 5.91 Å². The van der Waals surface area contributed by atoms with Gasteiger partial charge in [-0.15, -0.1) is 0 Å². The van der Waals surface area contributed by atoms with E-state index in [-0.39, 0.29) is 16.7 Å². The molecule has 0 aromatic heterocycles. The lowest BCUT2D eigenvalue weighted by Gasteiger charge is -2.15. The van der Waals surface area contributed by atoms with Crippen molar-refractivity contribution in [1.29, 1.82) is 0 Å². The predicted molar refractivity (Wildman–Crippen MR) is 103 cm³/mol. The van der Waals surface area contributed by atoms with Crippen molar-refractivity contribution in [3.05, 3.63) is 59.2 Å². The molecule has 27 heavy (non-hydrogen) atoms. The molecule has 1 fully saturated rings. The van der Waals surface area contributed by atoms with Crippen LogP contribution >= 0.6 is 0 Å². The molecule has 0 aliphatic carbocycles. The Morgan fingerprint density at radius 1 is 1.15 bits per heavy atom. The minimum absolute atomic E-state index is 0.161. The SMILES string of the molecule is Cc1ccc(S(C)(=O)=O)cc1NC(=O)c1ccc(CN2CCCC2=O)cc1. The molecule has 7 heteroatoms. The lowest BCUT2D eigenvalue weighted by Crippen LogP contribution is -2.23. The van der Waals surface area contributed by atoms with Crippen molar-refractivity contribution in [3.8, 4) is 0 Å². The summed E-state index contributed by atoms with van der Waals surface area (Å²) < 4.78 is 23.4. The van der Waals surface area contributed by atoms with E-state index in [0.29, 0.717) is 24.2 Å². The molecule has 0 unspecified atom stereocenters. The van der Waals surface area contributed by atoms with Crippen LogP contribution < -0.4 is 5.32 Å². The van der Waals surface area contributed by atoms with Crippen LogP contribution in [0.5, 0.6) is 0 Å². The van der Waals surface area contributed by atoms with E-state index in [1.807, 2.05) is 17.0 Å². The van der Waals surface area contributed by atoms with E-state index in [4.69, 9.17) is 0 Å². The van der Waals surface area contributed by atoms with Crippen LogP contribution in [0.1, 0.15) is 34.3 Å². The summed E-state index contributed by atoms with van der Waals surface area (Å²) in [5.74, 6) is -0.148. The number of rotatable bonds is 5. The molecule has 0 saturated carbocycles. The number of nitrogens with zero attached hydrogens (tertiary/aromatic N) is 1. The molecule has 0 bridgehead atoms. The second-order valence-corrected chi connectivity index (χ2v) is 8.83. The van der Waals surface area contributed by atoms with Crippen LogP contribution in [0.3, 0.4) is 0 Å². The smallest absolute Gasteiger partial charge is 0.255 e. The lowest BCUT2D eigenvalue weighted by molar-refractivity contribution is -0.128. The Balaban J connectivity index is 1.72. The van der Waals surface area contributed by atoms with Crippen molar-refractivity contribution in [2.45, 2.75) is 31.2 Å². The van der Waals surface area contributed by atoms with Crippen LogP contribution in [-0.2, 0) is 21.2 Å². The first kappa shape index (κ1) is 19.1. The van der Waals surface area contributed by atoms with E-state index in [9.17, 15) is 18.0 Å². The summed E-state index contributed by atoms with van der Waals surface area (Å²) in [6.45, 7) is 3.13. The fraction of sp³-hybridized carbons (Fsp3) is 0.300. The maximum Gasteiger partial charge on any atom is 0.255 e. The molecule has 1 N–H and O–H groups in total. The minimum atomic E-state index is -3.35. The summed E-state index contributed by atoms with van der Waals surface area (Å²) in [6, 6.07) is 11.7. The third kappa shape index (κ3) is 4.54. The molecule has 1 heterocycles. The molecule has 3 rings (SSSR count). The molecule has 0 radical (unpaired) electrons. The third-order valence-corrected chi connectivity index (χ3v) is 5.76. The second-order valence-electron chi connectivity index (χ2n) is 6.82. The lowest BCUT2D eigenvalue weighted by atomic mass is 10.1. The summed E-state index contributed by atoms with van der Waals surface area (Å²) in [5, 5.41) is 2.77. The number of hydrogen-bond donors (Lipinski definition) is 1. The Labute approximate surface area is 159 Å². The van der Waals surface area contributed by atoms with Crippen LogP contribution in [0.25, 0.3) is 0 Å². The zero-order valence-electron chi connectivity index (χ0n) is 15.4. The molecule has 6 nitrogen and oxygen atoms in total. The molecule has 1 aliphatic rings. The van der Waals surface area contributed by atoms with E-state index in [0.717, 1.165) is 30.3 Å². The fourth-order valence-electron chi connectivity index (χ4n) is 3.01. The van der Waals surface area contributed by atoms with Gasteiger partial charge in [-0.2, -0.15) is 0 Å². The molecular formula is C20H22N2O4S. The third-order valence-electron chi connectivity index (χ3n) is 4.65. The van der Waals surface area contributed by atoms with Crippen molar-refractivity contribution in [1.82, 2.24) is 4.90 Å². The van der Waals surface area contributed by atoms with E-state index in [2.05, 4.69) is 5.32 Å². The highest BCUT2D eigenvalue weighted by atomic mass is 32.2. The van der Waals surface area contributed by atoms with Gasteiger partial charge in [0.25, 0.3) is 5.91 Å². The number of nitrogens with one attached hydrogen (secondary N) is 1. The summed E-state index contributed by atoms with van der Waals surface area (Å²) >= 11 is 0. The monoisotopic (exact) mass is 386 g/mol. The Bertz CT molecular complexity index is 982. The molecule has 0 atom stereocenters. The number of aryl methyl sites for hydroxylation is 1. The molecule has 2 amide bonds. The maximum absolute atomic E-state index is 12.5. The van der Waals surface area contributed by atoms with Gasteiger partial charge in [0.05, 0.1) is 4.90 Å². The number of carbonyl (C=O) groups excluding carboxylic acids is 2. The Morgan fingerprint density at radius 3 is 2.44 bits per heavy atom. The number of anilines is 1. The first-order chi connectivity index (χ1) is 12.7. The Hall–Kier alpha value is -2.67. The highest BCUT2D eigenvalue weighted by Crippen LogP contribution is 2.21. The van der Waals surface area contributed by atoms with Gasteiger partial charge >= 0.3 is 0 Å². The number of hydrogen-bond acceptors (Lipinski definition) is 4. The van der Waals surface area contributed by atoms with Crippen LogP contribution in [0.2, 0.25) is 0 Å². The molecule has 142 valence electrons. The topological polar surface area (TPSA) is 83.6 Å². The van der Waals surface area contributed by atoms with Crippen molar-refractivity contribution >= 4 is 27.3 Å². The summed E-state index contributed by atoms with van der Waals surface area (Å²) in [4.78, 5) is 26.2. The van der Waals surface area contributed by atoms with Crippen molar-refractivity contribution in [3.63, 3.8) is 0 Å². The zero-order chi connectivity index (χ0) is 19.6. The van der Waals surface area contributed by atoms with Crippen molar-refractivity contribution < 1.29 is 18.0 Å². The number of benzene rings is 2. The minimum Gasteiger partial charge on any atom is -0.338 e. The fourth-order valence-corrected chi connectivity index (χ4v) is 3.66. The molecule has 1 aliphatic heterocycles. The molecule has 1 saturated heterocycles. The number of likely N-dealkylation sites (tertiary alicyclic amines) is 1. The first-order valence-corrected chi connectivity index (χ1v) is 10.6. The average Bonchev–Trinajstić information content (AvgIpc) is 3.01. The van der Waals surface area contributed by atoms with Gasteiger partial charge in [-0.25, -0.2) is 8.42 Å². The van der Waals surface area contributed by atoms with Gasteiger partial charge in [-0.05, 0) is 48.7 Å². The highest BCUT2D eigenvalue weighted by molar-refractivity contribution is 7.90. The van der Waals surface area contributed by atoms with Gasteiger partial charge in [0.15, 0.2) is 9.84 Å². The maximum atomic E-state index is 12.5. The molecule has 2 aromatic carbocycles. The van der Waals surface area contributed by atoms with Gasteiger partial charge in [0, 0.05) is 37.0 Å². The zero-order valence-corrected chi connectivity index (χ0v) is 16.2. The average molecular weight is 386 g/mol. The number of carbonyl (C=O) groups is 2. The summed E-state index contributed by atoms with van der Waals surface area (Å²) in [7, 11) is -3.35. The molecular weight excluding hydrogens is 364 g/mol. The van der Waals surface area contributed by atoms with E-state index >= 15 is 0 Å². The summed E-state index contributed by atoms with van der Waals surface area (Å²) in [5.41, 5.74) is 2.68. The van der Waals surface area contributed by atoms with Crippen LogP contribution in [0.15, 0.2) is 47.4 Å². The van der Waals surface area contributed by atoms with Gasteiger partial charge in [-0.3, -0.25) is 9.59 Å². The predicted octanol–water partition coefficient (Wildman–Crippen LogP) is 2.77. The number of sulfone groups is 1. The van der Waals surface area contributed by atoms with Crippen LogP contribution in [0, 0.1) is 6.92 Å². The molecule has 2 aromatic rings. The number of amides is 2. The largest absolute Gasteiger partial charge is 0.338 e. The highest BCUT2D eigenvalue weighted by Gasteiger charge is 2.20. The van der Waals surface area contributed by atoms with Gasteiger partial charge in [-0.1, -0.05) is 18.2 Å². The normalized spacial score (nSPS) is 14.4. The molecule has 0 spiro atoms. The summed E-state index contributed by atoms with van der Waals surface area (Å²) in [6.07, 6.45) is 2.63. The van der Waals surface area contributed by atoms with Crippen LogP contribution in [-0.4, -0.2) is 37.9 Å². The quantitative estimate of drug-likeness (QED) is 0.856. The van der Waals surface area contributed by atoms with E-state index < -0.39 is 9.84 Å². The second kappa shape index (κ2) is 7.52. The van der Waals surface area contributed by atoms with E-state index in [1.54, 1.807) is 25.1 Å².